The lowest BCUT2D eigenvalue weighted by atomic mass is 10.1. The first-order chi connectivity index (χ1) is 15.3. The van der Waals surface area contributed by atoms with E-state index in [2.05, 4.69) is 28.2 Å². The first kappa shape index (κ1) is 25.8. The maximum absolute atomic E-state index is 13.3. The summed E-state index contributed by atoms with van der Waals surface area (Å²) < 4.78 is 19.9. The second-order valence-corrected chi connectivity index (χ2v) is 8.65. The van der Waals surface area contributed by atoms with E-state index in [0.717, 1.165) is 28.4 Å². The highest BCUT2D eigenvalue weighted by Crippen LogP contribution is 2.26. The van der Waals surface area contributed by atoms with Crippen molar-refractivity contribution in [3.63, 3.8) is 0 Å². The van der Waals surface area contributed by atoms with Gasteiger partial charge in [-0.05, 0) is 77.5 Å². The Morgan fingerprint density at radius 1 is 1.06 bits per heavy atom. The molecule has 0 heterocycles. The van der Waals surface area contributed by atoms with Gasteiger partial charge in [-0.3, -0.25) is 9.59 Å². The monoisotopic (exact) mass is 506 g/mol. The molecule has 2 aromatic rings. The first-order valence-electron chi connectivity index (χ1n) is 11.0. The molecule has 2 atom stereocenters. The van der Waals surface area contributed by atoms with Gasteiger partial charge >= 0.3 is 0 Å². The molecule has 0 saturated heterocycles. The van der Waals surface area contributed by atoms with Crippen LogP contribution < -0.4 is 10.1 Å². The number of benzene rings is 2. The average molecular weight is 507 g/mol. The Balaban J connectivity index is 2.22. The van der Waals surface area contributed by atoms with E-state index in [0.29, 0.717) is 12.2 Å². The van der Waals surface area contributed by atoms with Gasteiger partial charge in [0.1, 0.15) is 17.6 Å². The zero-order chi connectivity index (χ0) is 23.7. The summed E-state index contributed by atoms with van der Waals surface area (Å²) in [6, 6.07) is 11.0. The van der Waals surface area contributed by atoms with Gasteiger partial charge in [0.05, 0.1) is 4.47 Å². The van der Waals surface area contributed by atoms with Crippen molar-refractivity contribution in [3.05, 3.63) is 63.9 Å². The standard InChI is InChI=1S/C25H32BrFN2O3/c1-5-17(4)28-25(31)22(7-3)29(15-19-8-11-20(27)12-9-19)24(30)16-32-23-13-10-18(6-2)14-21(23)26/h8-14,17,22H,5-7,15-16H2,1-4H3,(H,28,31)/t17-,22-/m1/s1. The molecule has 0 saturated carbocycles. The molecule has 0 fully saturated rings. The third-order valence-electron chi connectivity index (χ3n) is 5.41. The minimum absolute atomic E-state index is 0.00334. The van der Waals surface area contributed by atoms with E-state index < -0.39 is 6.04 Å². The molecule has 2 rings (SSSR count). The lowest BCUT2D eigenvalue weighted by molar-refractivity contribution is -0.143. The second-order valence-electron chi connectivity index (χ2n) is 7.80. The van der Waals surface area contributed by atoms with Crippen molar-refractivity contribution in [3.8, 4) is 5.75 Å². The normalized spacial score (nSPS) is 12.7. The van der Waals surface area contributed by atoms with Crippen molar-refractivity contribution in [1.82, 2.24) is 10.2 Å². The number of carbonyl (C=O) groups excluding carboxylic acids is 2. The Bertz CT molecular complexity index is 905. The van der Waals surface area contributed by atoms with Gasteiger partial charge < -0.3 is 15.0 Å². The summed E-state index contributed by atoms with van der Waals surface area (Å²) >= 11 is 3.49. The fourth-order valence-electron chi connectivity index (χ4n) is 3.25. The van der Waals surface area contributed by atoms with E-state index in [1.807, 2.05) is 39.0 Å². The smallest absolute Gasteiger partial charge is 0.261 e. The fourth-order valence-corrected chi connectivity index (χ4v) is 3.79. The van der Waals surface area contributed by atoms with E-state index in [4.69, 9.17) is 4.74 Å². The molecule has 32 heavy (non-hydrogen) atoms. The summed E-state index contributed by atoms with van der Waals surface area (Å²) in [5.74, 6) is -0.302. The lowest BCUT2D eigenvalue weighted by Crippen LogP contribution is -2.51. The maximum atomic E-state index is 13.3. The average Bonchev–Trinajstić information content (AvgIpc) is 2.78. The molecular formula is C25H32BrFN2O3. The molecule has 0 spiro atoms. The van der Waals surface area contributed by atoms with Crippen molar-refractivity contribution in [1.29, 1.82) is 0 Å². The van der Waals surface area contributed by atoms with Gasteiger partial charge in [0, 0.05) is 12.6 Å². The first-order valence-corrected chi connectivity index (χ1v) is 11.8. The molecule has 7 heteroatoms. The van der Waals surface area contributed by atoms with Gasteiger partial charge in [-0.25, -0.2) is 4.39 Å². The summed E-state index contributed by atoms with van der Waals surface area (Å²) in [5, 5.41) is 2.97. The van der Waals surface area contributed by atoms with Crippen LogP contribution in [0.4, 0.5) is 4.39 Å². The van der Waals surface area contributed by atoms with Crippen molar-refractivity contribution in [2.45, 2.75) is 65.6 Å². The summed E-state index contributed by atoms with van der Waals surface area (Å²) in [5.41, 5.74) is 1.89. The zero-order valence-corrected chi connectivity index (χ0v) is 20.7. The topological polar surface area (TPSA) is 58.6 Å². The zero-order valence-electron chi connectivity index (χ0n) is 19.2. The number of ether oxygens (including phenoxy) is 1. The highest BCUT2D eigenvalue weighted by molar-refractivity contribution is 9.10. The third kappa shape index (κ3) is 7.33. The van der Waals surface area contributed by atoms with Crippen LogP contribution in [-0.4, -0.2) is 35.4 Å². The molecule has 174 valence electrons. The Labute approximate surface area is 198 Å². The summed E-state index contributed by atoms with van der Waals surface area (Å²) in [6.45, 7) is 7.82. The molecule has 0 aliphatic carbocycles. The largest absolute Gasteiger partial charge is 0.483 e. The minimum Gasteiger partial charge on any atom is -0.483 e. The predicted octanol–water partition coefficient (Wildman–Crippen LogP) is 5.25. The van der Waals surface area contributed by atoms with Crippen molar-refractivity contribution in [2.24, 2.45) is 0 Å². The molecule has 0 radical (unpaired) electrons. The van der Waals surface area contributed by atoms with E-state index in [-0.39, 0.29) is 36.8 Å². The SMILES string of the molecule is CCc1ccc(OCC(=O)N(Cc2ccc(F)cc2)[C@H](CC)C(=O)N[C@H](C)CC)c(Br)c1. The Hall–Kier alpha value is -2.41. The number of hydrogen-bond donors (Lipinski definition) is 1. The molecule has 0 unspecified atom stereocenters. The molecule has 2 amide bonds. The summed E-state index contributed by atoms with van der Waals surface area (Å²) in [6.07, 6.45) is 2.13. The Morgan fingerprint density at radius 2 is 1.72 bits per heavy atom. The van der Waals surface area contributed by atoms with Crippen LogP contribution in [0.25, 0.3) is 0 Å². The molecule has 5 nitrogen and oxygen atoms in total. The quantitative estimate of drug-likeness (QED) is 0.452. The highest BCUT2D eigenvalue weighted by atomic mass is 79.9. The van der Waals surface area contributed by atoms with Crippen LogP contribution in [0.3, 0.4) is 0 Å². The van der Waals surface area contributed by atoms with Gasteiger partial charge in [-0.1, -0.05) is 39.0 Å². The van der Waals surface area contributed by atoms with Crippen LogP contribution in [0.15, 0.2) is 46.9 Å². The number of aryl methyl sites for hydroxylation is 1. The lowest BCUT2D eigenvalue weighted by Gasteiger charge is -2.31. The number of amides is 2. The van der Waals surface area contributed by atoms with Gasteiger partial charge in [0.15, 0.2) is 6.61 Å². The maximum Gasteiger partial charge on any atom is 0.261 e. The van der Waals surface area contributed by atoms with Crippen LogP contribution in [0, 0.1) is 5.82 Å². The summed E-state index contributed by atoms with van der Waals surface area (Å²) in [4.78, 5) is 27.6. The van der Waals surface area contributed by atoms with Crippen LogP contribution >= 0.6 is 15.9 Å². The molecule has 0 aromatic heterocycles. The van der Waals surface area contributed by atoms with Gasteiger partial charge in [-0.15, -0.1) is 0 Å². The van der Waals surface area contributed by atoms with Crippen molar-refractivity contribution < 1.29 is 18.7 Å². The predicted molar refractivity (Wildman–Crippen MR) is 128 cm³/mol. The Kier molecular flexibility index (Phi) is 10.2. The molecule has 0 bridgehead atoms. The van der Waals surface area contributed by atoms with E-state index in [9.17, 15) is 14.0 Å². The molecule has 0 aliphatic heterocycles. The highest BCUT2D eigenvalue weighted by Gasteiger charge is 2.29. The van der Waals surface area contributed by atoms with Crippen molar-refractivity contribution in [2.75, 3.05) is 6.61 Å². The minimum atomic E-state index is -0.656. The molecule has 2 aromatic carbocycles. The molecular weight excluding hydrogens is 475 g/mol. The van der Waals surface area contributed by atoms with Crippen LogP contribution in [0.1, 0.15) is 51.7 Å². The second kappa shape index (κ2) is 12.6. The van der Waals surface area contributed by atoms with Gasteiger partial charge in [0.25, 0.3) is 5.91 Å². The number of carbonyl (C=O) groups is 2. The number of rotatable bonds is 11. The van der Waals surface area contributed by atoms with Crippen LogP contribution in [0.5, 0.6) is 5.75 Å². The fraction of sp³-hybridized carbons (Fsp3) is 0.440. The van der Waals surface area contributed by atoms with Crippen LogP contribution in [0.2, 0.25) is 0 Å². The van der Waals surface area contributed by atoms with Crippen molar-refractivity contribution >= 4 is 27.7 Å². The number of hydrogen-bond acceptors (Lipinski definition) is 3. The van der Waals surface area contributed by atoms with Gasteiger partial charge in [-0.2, -0.15) is 0 Å². The molecule has 0 aliphatic rings. The molecule has 1 N–H and O–H groups in total. The van der Waals surface area contributed by atoms with E-state index in [1.165, 1.54) is 17.0 Å². The number of nitrogens with zero attached hydrogens (tertiary/aromatic N) is 1. The van der Waals surface area contributed by atoms with Gasteiger partial charge in [0.2, 0.25) is 5.91 Å². The Morgan fingerprint density at radius 3 is 2.28 bits per heavy atom. The number of nitrogens with one attached hydrogen (secondary N) is 1. The van der Waals surface area contributed by atoms with E-state index in [1.54, 1.807) is 12.1 Å². The van der Waals surface area contributed by atoms with E-state index >= 15 is 0 Å². The van der Waals surface area contributed by atoms with Crippen LogP contribution in [-0.2, 0) is 22.6 Å². The third-order valence-corrected chi connectivity index (χ3v) is 6.03. The summed E-state index contributed by atoms with van der Waals surface area (Å²) in [7, 11) is 0. The number of halogens is 2.